The van der Waals surface area contributed by atoms with E-state index in [4.69, 9.17) is 0 Å². The molecule has 5 saturated carbocycles. The Morgan fingerprint density at radius 2 is 0.743 bits per heavy atom. The van der Waals surface area contributed by atoms with Gasteiger partial charge >= 0.3 is 0 Å². The highest BCUT2D eigenvalue weighted by Gasteiger charge is 2.39. The van der Waals surface area contributed by atoms with E-state index in [9.17, 15) is 0 Å². The quantitative estimate of drug-likeness (QED) is 0.183. The summed E-state index contributed by atoms with van der Waals surface area (Å²) in [5.74, 6) is 12.0. The van der Waals surface area contributed by atoms with E-state index >= 15 is 0 Å². The zero-order valence-corrected chi connectivity index (χ0v) is 49.7. The van der Waals surface area contributed by atoms with E-state index in [1.165, 1.54) is 150 Å². The van der Waals surface area contributed by atoms with E-state index < -0.39 is 0 Å². The first-order valence-electron chi connectivity index (χ1n) is 29.9. The van der Waals surface area contributed by atoms with Crippen LogP contribution in [0.25, 0.3) is 0 Å². The van der Waals surface area contributed by atoms with Crippen molar-refractivity contribution in [3.05, 3.63) is 96.2 Å². The molecule has 0 aliphatic heterocycles. The lowest BCUT2D eigenvalue weighted by Gasteiger charge is -2.25. The summed E-state index contributed by atoms with van der Waals surface area (Å²) in [5.41, 5.74) is 10.2. The van der Waals surface area contributed by atoms with Crippen LogP contribution in [0.1, 0.15) is 264 Å². The SMILES string of the molecule is C.C=C(C(C)C)C1CCCCC1.C=C(C(C)C)C1CCCCC1.C=C(C(C)C)C1CCCCC1.C=C(C)C(C)C.C=C(C)C(C)C.CC(C)CC1CC2CCC1C2.CC(C)CC1Cc2ccccc2C1. The van der Waals surface area contributed by atoms with E-state index in [0.29, 0.717) is 29.6 Å². The zero-order chi connectivity index (χ0) is 52.2. The maximum Gasteiger partial charge on any atom is -0.0203 e. The molecule has 0 nitrogen and oxygen atoms in total. The molecule has 70 heavy (non-hydrogen) atoms. The van der Waals surface area contributed by atoms with Gasteiger partial charge < -0.3 is 0 Å². The smallest absolute Gasteiger partial charge is 0.0203 e. The summed E-state index contributed by atoms with van der Waals surface area (Å²) >= 11 is 0. The van der Waals surface area contributed by atoms with Crippen LogP contribution in [0, 0.1) is 82.9 Å². The Morgan fingerprint density at radius 1 is 0.429 bits per heavy atom. The molecule has 0 radical (unpaired) electrons. The third-order valence-electron chi connectivity index (χ3n) is 17.2. The molecule has 0 saturated heterocycles. The van der Waals surface area contributed by atoms with E-state index in [1.807, 2.05) is 13.8 Å². The fourth-order valence-corrected chi connectivity index (χ4v) is 11.6. The molecule has 0 heteroatoms. The molecule has 3 atom stereocenters. The van der Waals surface area contributed by atoms with Gasteiger partial charge in [-0.15, -0.1) is 0 Å². The molecule has 1 aromatic carbocycles. The molecule has 6 aliphatic rings. The molecule has 3 unspecified atom stereocenters. The van der Waals surface area contributed by atoms with Gasteiger partial charge in [0, 0.05) is 0 Å². The maximum absolute atomic E-state index is 4.18. The third-order valence-corrected chi connectivity index (χ3v) is 17.2. The van der Waals surface area contributed by atoms with Gasteiger partial charge in [0.2, 0.25) is 0 Å². The molecule has 0 amide bonds. The highest BCUT2D eigenvalue weighted by atomic mass is 14.4. The van der Waals surface area contributed by atoms with Gasteiger partial charge in [-0.3, -0.25) is 0 Å². The fraction of sp³-hybridized carbons (Fsp3) is 0.771. The average molecular weight is 968 g/mol. The summed E-state index contributed by atoms with van der Waals surface area (Å²) in [5, 5.41) is 0. The van der Waals surface area contributed by atoms with Gasteiger partial charge in [0.25, 0.3) is 0 Å². The standard InChI is InChI=1S/C13H18.4C11H20.2C6H12.CH4/c1-10(2)7-11-8-12-5-3-4-6-13(12)9-11;1-8(2)5-11-7-9-3-4-10(11)6-9;3*1-9(2)10(3)11-7-5-4-6-8-11;2*1-5(2)6(3)4;/h3-6,10-11H,7-9H2,1-2H3;8-11H,3-7H2,1-2H3;3*9,11H,3-8H2,1-2H3;2*6H,1H2,2-4H3;1H4. The molecule has 7 rings (SSSR count). The van der Waals surface area contributed by atoms with Crippen LogP contribution in [-0.2, 0) is 12.8 Å². The van der Waals surface area contributed by atoms with Crippen molar-refractivity contribution >= 4 is 0 Å². The molecule has 0 N–H and O–H groups in total. The number of rotatable bonds is 12. The molecular formula is C70H126. The minimum absolute atomic E-state index is 0. The highest BCUT2D eigenvalue weighted by Crippen LogP contribution is 2.50. The first kappa shape index (κ1) is 67.9. The second kappa shape index (κ2) is 37.6. The van der Waals surface area contributed by atoms with Crippen molar-refractivity contribution in [1.82, 2.24) is 0 Å². The van der Waals surface area contributed by atoms with Crippen LogP contribution in [0.15, 0.2) is 85.0 Å². The second-order valence-electron chi connectivity index (χ2n) is 25.9. The summed E-state index contributed by atoms with van der Waals surface area (Å²) < 4.78 is 0. The molecule has 0 aromatic heterocycles. The second-order valence-corrected chi connectivity index (χ2v) is 25.9. The van der Waals surface area contributed by atoms with Gasteiger partial charge in [-0.05, 0) is 191 Å². The molecule has 2 bridgehead atoms. The maximum atomic E-state index is 4.18. The van der Waals surface area contributed by atoms with Crippen molar-refractivity contribution in [2.75, 3.05) is 0 Å². The van der Waals surface area contributed by atoms with E-state index in [0.717, 1.165) is 53.3 Å². The Balaban J connectivity index is 0.000000804. The normalized spacial score (nSPS) is 21.0. The van der Waals surface area contributed by atoms with E-state index in [2.05, 4.69) is 154 Å². The Hall–Kier alpha value is -2.08. The van der Waals surface area contributed by atoms with Gasteiger partial charge in [0.1, 0.15) is 0 Å². The number of benzene rings is 1. The first-order valence-corrected chi connectivity index (χ1v) is 29.9. The lowest BCUT2D eigenvalue weighted by atomic mass is 9.80. The molecular weight excluding hydrogens is 841 g/mol. The molecule has 1 aromatic rings. The van der Waals surface area contributed by atoms with Crippen LogP contribution in [-0.4, -0.2) is 0 Å². The lowest BCUT2D eigenvalue weighted by molar-refractivity contribution is 0.283. The van der Waals surface area contributed by atoms with Crippen molar-refractivity contribution < 1.29 is 0 Å². The third kappa shape index (κ3) is 29.0. The molecule has 5 fully saturated rings. The summed E-state index contributed by atoms with van der Waals surface area (Å²) in [6.45, 7) is 55.6. The summed E-state index contributed by atoms with van der Waals surface area (Å²) in [6, 6.07) is 8.90. The number of fused-ring (bicyclic) bond motifs is 3. The Morgan fingerprint density at radius 3 is 0.971 bits per heavy atom. The van der Waals surface area contributed by atoms with Crippen molar-refractivity contribution in [1.29, 1.82) is 0 Å². The van der Waals surface area contributed by atoms with Gasteiger partial charge in [0.15, 0.2) is 0 Å². The monoisotopic (exact) mass is 967 g/mol. The van der Waals surface area contributed by atoms with Gasteiger partial charge in [0.05, 0.1) is 0 Å². The fourth-order valence-electron chi connectivity index (χ4n) is 11.6. The topological polar surface area (TPSA) is 0 Å². The predicted molar refractivity (Wildman–Crippen MR) is 323 cm³/mol. The van der Waals surface area contributed by atoms with Crippen LogP contribution in [0.3, 0.4) is 0 Å². The van der Waals surface area contributed by atoms with Crippen LogP contribution < -0.4 is 0 Å². The van der Waals surface area contributed by atoms with Gasteiger partial charge in [-0.25, -0.2) is 0 Å². The average Bonchev–Trinajstić information content (AvgIpc) is 4.06. The van der Waals surface area contributed by atoms with E-state index in [1.54, 1.807) is 36.8 Å². The Labute approximate surface area is 442 Å². The van der Waals surface area contributed by atoms with Crippen LogP contribution in [0.2, 0.25) is 0 Å². The molecule has 6 aliphatic carbocycles. The highest BCUT2D eigenvalue weighted by molar-refractivity contribution is 5.32. The van der Waals surface area contributed by atoms with Crippen LogP contribution in [0.5, 0.6) is 0 Å². The summed E-state index contributed by atoms with van der Waals surface area (Å²) in [4.78, 5) is 0. The van der Waals surface area contributed by atoms with Crippen molar-refractivity contribution in [2.24, 2.45) is 82.9 Å². The first-order chi connectivity index (χ1) is 32.4. The molecule has 0 heterocycles. The summed E-state index contributed by atoms with van der Waals surface area (Å²) in [7, 11) is 0. The van der Waals surface area contributed by atoms with Gasteiger partial charge in [-0.2, -0.15) is 0 Å². The Bertz CT molecular complexity index is 1410. The minimum atomic E-state index is 0. The van der Waals surface area contributed by atoms with Crippen LogP contribution in [0.4, 0.5) is 0 Å². The van der Waals surface area contributed by atoms with Crippen LogP contribution >= 0.6 is 0 Å². The number of hydrogen-bond acceptors (Lipinski definition) is 0. The van der Waals surface area contributed by atoms with Gasteiger partial charge in [-0.1, -0.05) is 254 Å². The number of hydrogen-bond donors (Lipinski definition) is 0. The van der Waals surface area contributed by atoms with Crippen molar-refractivity contribution in [3.8, 4) is 0 Å². The number of allylic oxidation sites excluding steroid dienone is 5. The zero-order valence-electron chi connectivity index (χ0n) is 49.7. The largest absolute Gasteiger partial charge is 0.0999 e. The lowest BCUT2D eigenvalue weighted by Crippen LogP contribution is -2.12. The van der Waals surface area contributed by atoms with Crippen molar-refractivity contribution in [3.63, 3.8) is 0 Å². The Kier molecular flexibility index (Phi) is 36.5. The summed E-state index contributed by atoms with van der Waals surface area (Å²) in [6.07, 6.45) is 33.1. The predicted octanol–water partition coefficient (Wildman–Crippen LogP) is 23.3. The van der Waals surface area contributed by atoms with E-state index in [-0.39, 0.29) is 7.43 Å². The minimum Gasteiger partial charge on any atom is -0.0999 e. The molecule has 406 valence electrons. The van der Waals surface area contributed by atoms with Crippen molar-refractivity contribution in [2.45, 2.75) is 266 Å². The molecule has 0 spiro atoms.